The smallest absolute Gasteiger partial charge is 0.240 e. The van der Waals surface area contributed by atoms with Gasteiger partial charge in [0.05, 0.1) is 10.5 Å². The molecule has 0 fully saturated rings. The van der Waals surface area contributed by atoms with E-state index in [-0.39, 0.29) is 0 Å². The summed E-state index contributed by atoms with van der Waals surface area (Å²) in [6.45, 7) is 7.93. The molecule has 0 aliphatic rings. The summed E-state index contributed by atoms with van der Waals surface area (Å²) in [6.07, 6.45) is 0. The van der Waals surface area contributed by atoms with Crippen molar-refractivity contribution in [3.05, 3.63) is 53.6 Å². The number of anilines is 1. The van der Waals surface area contributed by atoms with E-state index in [2.05, 4.69) is 5.32 Å². The highest BCUT2D eigenvalue weighted by atomic mass is 32.2. The molecule has 0 radical (unpaired) electrons. The minimum absolute atomic E-state index is 0.439. The monoisotopic (exact) mass is 333 g/mol. The van der Waals surface area contributed by atoms with Gasteiger partial charge in [-0.2, -0.15) is 0 Å². The lowest BCUT2D eigenvalue weighted by Gasteiger charge is -2.18. The lowest BCUT2D eigenvalue weighted by Crippen LogP contribution is -2.29. The molecule has 0 spiro atoms. The number of nitrogens with one attached hydrogen (secondary N) is 1. The molecule has 2 rings (SSSR count). The van der Waals surface area contributed by atoms with Crippen molar-refractivity contribution in [3.63, 3.8) is 0 Å². The van der Waals surface area contributed by atoms with Gasteiger partial charge in [0.2, 0.25) is 11.1 Å². The van der Waals surface area contributed by atoms with Gasteiger partial charge in [-0.3, -0.25) is 0 Å². The van der Waals surface area contributed by atoms with E-state index in [1.807, 2.05) is 44.2 Å². The molecule has 4 nitrogen and oxygen atoms in total. The summed E-state index contributed by atoms with van der Waals surface area (Å²) in [5, 5.41) is 12.8. The topological polar surface area (TPSA) is 58.6 Å². The third-order valence-corrected chi connectivity index (χ3v) is 4.42. The SMILES string of the molecule is Cc1ccc(OS(=O)c2ccc(NCC(C)(C)O)cc2)cc1C. The third-order valence-electron chi connectivity index (χ3n) is 3.42. The molecule has 0 saturated carbocycles. The van der Waals surface area contributed by atoms with E-state index in [1.165, 1.54) is 5.56 Å². The molecule has 0 saturated heterocycles. The molecule has 2 aromatic rings. The summed E-state index contributed by atoms with van der Waals surface area (Å²) < 4.78 is 17.8. The predicted octanol–water partition coefficient (Wildman–Crippen LogP) is 3.59. The highest BCUT2D eigenvalue weighted by Gasteiger charge is 2.12. The normalized spacial score (nSPS) is 12.7. The Bertz CT molecular complexity index is 690. The molecule has 0 heterocycles. The first kappa shape index (κ1) is 17.5. The Morgan fingerprint density at radius 1 is 1.09 bits per heavy atom. The van der Waals surface area contributed by atoms with Gasteiger partial charge in [0, 0.05) is 12.2 Å². The number of benzene rings is 2. The third kappa shape index (κ3) is 5.37. The van der Waals surface area contributed by atoms with Crippen molar-refractivity contribution in [2.45, 2.75) is 38.2 Å². The van der Waals surface area contributed by atoms with E-state index < -0.39 is 16.7 Å². The number of hydrogen-bond acceptors (Lipinski definition) is 4. The van der Waals surface area contributed by atoms with Crippen LogP contribution in [0.5, 0.6) is 5.75 Å². The van der Waals surface area contributed by atoms with E-state index in [9.17, 15) is 9.32 Å². The molecule has 0 aliphatic carbocycles. The van der Waals surface area contributed by atoms with Crippen LogP contribution in [0.4, 0.5) is 5.69 Å². The second-order valence-corrected chi connectivity index (χ2v) is 7.36. The van der Waals surface area contributed by atoms with Gasteiger partial charge in [-0.1, -0.05) is 6.07 Å². The van der Waals surface area contributed by atoms with Crippen LogP contribution in [0.15, 0.2) is 47.4 Å². The van der Waals surface area contributed by atoms with Gasteiger partial charge < -0.3 is 14.6 Å². The lowest BCUT2D eigenvalue weighted by molar-refractivity contribution is 0.0945. The van der Waals surface area contributed by atoms with Gasteiger partial charge in [-0.25, -0.2) is 4.21 Å². The van der Waals surface area contributed by atoms with E-state index in [0.29, 0.717) is 17.2 Å². The second kappa shape index (κ2) is 7.15. The van der Waals surface area contributed by atoms with E-state index in [1.54, 1.807) is 26.0 Å². The van der Waals surface area contributed by atoms with Crippen LogP contribution in [0, 0.1) is 13.8 Å². The fourth-order valence-electron chi connectivity index (χ4n) is 1.90. The molecule has 0 amide bonds. The van der Waals surface area contributed by atoms with E-state index in [0.717, 1.165) is 11.3 Å². The number of aryl methyl sites for hydroxylation is 2. The Hall–Kier alpha value is -1.85. The number of hydrogen-bond donors (Lipinski definition) is 2. The highest BCUT2D eigenvalue weighted by Crippen LogP contribution is 2.20. The van der Waals surface area contributed by atoms with Gasteiger partial charge in [0.1, 0.15) is 5.75 Å². The molecular formula is C18H23NO3S. The number of rotatable bonds is 6. The molecule has 124 valence electrons. The van der Waals surface area contributed by atoms with Crippen molar-refractivity contribution < 1.29 is 13.5 Å². The zero-order valence-electron chi connectivity index (χ0n) is 13.9. The summed E-state index contributed by atoms with van der Waals surface area (Å²) in [6, 6.07) is 12.8. The zero-order valence-corrected chi connectivity index (χ0v) is 14.7. The predicted molar refractivity (Wildman–Crippen MR) is 94.2 cm³/mol. The molecule has 1 atom stereocenters. The summed E-state index contributed by atoms with van der Waals surface area (Å²) in [5.74, 6) is 0.593. The van der Waals surface area contributed by atoms with Crippen molar-refractivity contribution in [1.82, 2.24) is 0 Å². The van der Waals surface area contributed by atoms with E-state index >= 15 is 0 Å². The van der Waals surface area contributed by atoms with Crippen molar-refractivity contribution in [1.29, 1.82) is 0 Å². The van der Waals surface area contributed by atoms with Crippen LogP contribution in [0.3, 0.4) is 0 Å². The standard InChI is InChI=1S/C18H23NO3S/c1-13-5-8-16(11-14(13)2)22-23(21)17-9-6-15(7-10-17)19-12-18(3,4)20/h5-11,19-20H,12H2,1-4H3. The summed E-state index contributed by atoms with van der Waals surface area (Å²) in [4.78, 5) is 0.594. The average Bonchev–Trinajstić information content (AvgIpc) is 2.49. The van der Waals surface area contributed by atoms with Gasteiger partial charge in [-0.05, 0) is 75.2 Å². The van der Waals surface area contributed by atoms with Crippen molar-refractivity contribution in [2.24, 2.45) is 0 Å². The first-order chi connectivity index (χ1) is 10.7. The lowest BCUT2D eigenvalue weighted by atomic mass is 10.1. The Labute approximate surface area is 140 Å². The fourth-order valence-corrected chi connectivity index (χ4v) is 2.64. The van der Waals surface area contributed by atoms with E-state index in [4.69, 9.17) is 4.18 Å². The van der Waals surface area contributed by atoms with Gasteiger partial charge in [0.25, 0.3) is 0 Å². The molecule has 0 aromatic heterocycles. The molecule has 2 aromatic carbocycles. The van der Waals surface area contributed by atoms with Gasteiger partial charge in [-0.15, -0.1) is 0 Å². The second-order valence-electron chi connectivity index (χ2n) is 6.25. The minimum Gasteiger partial charge on any atom is -0.397 e. The minimum atomic E-state index is -1.56. The first-order valence-electron chi connectivity index (χ1n) is 7.48. The maximum Gasteiger partial charge on any atom is 0.240 e. The first-order valence-corrected chi connectivity index (χ1v) is 8.56. The quantitative estimate of drug-likeness (QED) is 0.848. The largest absolute Gasteiger partial charge is 0.397 e. The highest BCUT2D eigenvalue weighted by molar-refractivity contribution is 7.80. The Morgan fingerprint density at radius 3 is 2.30 bits per heavy atom. The van der Waals surface area contributed by atoms with Crippen LogP contribution in [-0.2, 0) is 11.1 Å². The summed E-state index contributed by atoms with van der Waals surface area (Å²) in [5.41, 5.74) is 2.35. The molecular weight excluding hydrogens is 310 g/mol. The van der Waals surface area contributed by atoms with Crippen LogP contribution in [0.1, 0.15) is 25.0 Å². The van der Waals surface area contributed by atoms with Crippen molar-refractivity contribution in [3.8, 4) is 5.75 Å². The van der Waals surface area contributed by atoms with Crippen LogP contribution < -0.4 is 9.50 Å². The fraction of sp³-hybridized carbons (Fsp3) is 0.333. The van der Waals surface area contributed by atoms with Crippen LogP contribution in [0.25, 0.3) is 0 Å². The molecule has 1 unspecified atom stereocenters. The van der Waals surface area contributed by atoms with Crippen molar-refractivity contribution in [2.75, 3.05) is 11.9 Å². The molecule has 0 aliphatic heterocycles. The number of aliphatic hydroxyl groups is 1. The Balaban J connectivity index is 2.01. The maximum atomic E-state index is 12.3. The maximum absolute atomic E-state index is 12.3. The molecule has 2 N–H and O–H groups in total. The Kier molecular flexibility index (Phi) is 5.44. The zero-order chi connectivity index (χ0) is 17.0. The van der Waals surface area contributed by atoms with Crippen LogP contribution in [-0.4, -0.2) is 21.5 Å². The average molecular weight is 333 g/mol. The summed E-state index contributed by atoms with van der Waals surface area (Å²) >= 11 is -1.56. The summed E-state index contributed by atoms with van der Waals surface area (Å²) in [7, 11) is 0. The van der Waals surface area contributed by atoms with Crippen LogP contribution in [0.2, 0.25) is 0 Å². The van der Waals surface area contributed by atoms with Crippen LogP contribution >= 0.6 is 0 Å². The van der Waals surface area contributed by atoms with Gasteiger partial charge in [0.15, 0.2) is 0 Å². The molecule has 5 heteroatoms. The van der Waals surface area contributed by atoms with Crippen molar-refractivity contribution >= 4 is 16.8 Å². The molecule has 23 heavy (non-hydrogen) atoms. The van der Waals surface area contributed by atoms with Gasteiger partial charge >= 0.3 is 0 Å². The Morgan fingerprint density at radius 2 is 1.74 bits per heavy atom. The molecule has 0 bridgehead atoms.